The molecule has 4 aromatic rings. The quantitative estimate of drug-likeness (QED) is 0.493. The number of nitrogens with zero attached hydrogens (tertiary/aromatic N) is 2. The van der Waals surface area contributed by atoms with Crippen molar-refractivity contribution in [3.8, 4) is 0 Å². The van der Waals surface area contributed by atoms with Crippen molar-refractivity contribution in [3.63, 3.8) is 0 Å². The zero-order chi connectivity index (χ0) is 14.4. The lowest BCUT2D eigenvalue weighted by Crippen LogP contribution is -1.93. The molecule has 0 radical (unpaired) electrons. The Morgan fingerprint density at radius 2 is 1.52 bits per heavy atom. The molecule has 0 bridgehead atoms. The fraction of sp³-hybridized carbons (Fsp3) is 0.125. The molecule has 2 aromatic carbocycles. The maximum absolute atomic E-state index is 5.94. The van der Waals surface area contributed by atoms with Gasteiger partial charge in [-0.3, -0.25) is 0 Å². The highest BCUT2D eigenvalue weighted by atomic mass is 15.0. The molecule has 2 aromatic heterocycles. The Balaban J connectivity index is 1.75. The Bertz CT molecular complexity index is 870. The first kappa shape index (κ1) is 12.0. The molecule has 0 unspecified atom stereocenters. The number of benzene rings is 2. The second kappa shape index (κ2) is 4.34. The van der Waals surface area contributed by atoms with Crippen molar-refractivity contribution >= 4 is 27.8 Å². The smallest absolute Gasteiger partial charge is 0.114 e. The van der Waals surface area contributed by atoms with Crippen LogP contribution in [0, 0.1) is 6.92 Å². The molecular weight excluding hydrogens is 262 g/mol. The molecule has 2 heterocycles. The zero-order valence-corrected chi connectivity index (χ0v) is 11.6. The summed E-state index contributed by atoms with van der Waals surface area (Å²) in [4.78, 5) is 15.8. The number of nitrogen functional groups attached to an aromatic ring is 1. The number of H-pyrrole nitrogens is 2. The second-order valence-electron chi connectivity index (χ2n) is 5.26. The van der Waals surface area contributed by atoms with Crippen LogP contribution in [0.3, 0.4) is 0 Å². The van der Waals surface area contributed by atoms with Crippen LogP contribution in [0.2, 0.25) is 0 Å². The molecule has 21 heavy (non-hydrogen) atoms. The lowest BCUT2D eigenvalue weighted by molar-refractivity contribution is 0.960. The molecule has 0 saturated carbocycles. The highest BCUT2D eigenvalue weighted by Crippen LogP contribution is 2.20. The second-order valence-corrected chi connectivity index (χ2v) is 5.26. The Hall–Kier alpha value is -2.82. The number of hydrogen-bond acceptors (Lipinski definition) is 3. The Kier molecular flexibility index (Phi) is 2.47. The summed E-state index contributed by atoms with van der Waals surface area (Å²) in [5.41, 5.74) is 11.6. The third-order valence-corrected chi connectivity index (χ3v) is 3.69. The predicted molar refractivity (Wildman–Crippen MR) is 84.1 cm³/mol. The van der Waals surface area contributed by atoms with Crippen LogP contribution in [-0.2, 0) is 6.42 Å². The van der Waals surface area contributed by atoms with E-state index >= 15 is 0 Å². The van der Waals surface area contributed by atoms with Crippen LogP contribution in [0.4, 0.5) is 5.69 Å². The summed E-state index contributed by atoms with van der Waals surface area (Å²) in [6.45, 7) is 2.06. The third kappa shape index (κ3) is 1.94. The molecule has 0 fully saturated rings. The van der Waals surface area contributed by atoms with E-state index in [-0.39, 0.29) is 0 Å². The van der Waals surface area contributed by atoms with E-state index in [0.717, 1.165) is 33.7 Å². The molecule has 4 rings (SSSR count). The summed E-state index contributed by atoms with van der Waals surface area (Å²) in [6.07, 6.45) is 0.627. The first-order chi connectivity index (χ1) is 10.2. The highest BCUT2D eigenvalue weighted by Gasteiger charge is 2.09. The average molecular weight is 277 g/mol. The molecule has 0 saturated heterocycles. The van der Waals surface area contributed by atoms with E-state index in [9.17, 15) is 0 Å². The maximum Gasteiger partial charge on any atom is 0.114 e. The summed E-state index contributed by atoms with van der Waals surface area (Å²) in [6, 6.07) is 11.9. The first-order valence-electron chi connectivity index (χ1n) is 6.88. The van der Waals surface area contributed by atoms with Crippen LogP contribution in [0.1, 0.15) is 17.2 Å². The fourth-order valence-electron chi connectivity index (χ4n) is 2.66. The number of aryl methyl sites for hydroxylation is 1. The van der Waals surface area contributed by atoms with Crippen LogP contribution >= 0.6 is 0 Å². The number of rotatable bonds is 2. The summed E-state index contributed by atoms with van der Waals surface area (Å²) in [5, 5.41) is 0. The number of para-hydroxylation sites is 2. The largest absolute Gasteiger partial charge is 0.397 e. The molecule has 0 spiro atoms. The molecule has 0 atom stereocenters. The molecule has 4 N–H and O–H groups in total. The molecule has 0 aliphatic heterocycles. The van der Waals surface area contributed by atoms with Crippen molar-refractivity contribution < 1.29 is 0 Å². The standard InChI is InChI=1S/C16H15N5/c1-9-4-2-6-11-15(9)20-13(18-11)8-14-19-12-7-3-5-10(17)16(12)21-14/h2-7H,8,17H2,1H3,(H,18,20)(H,19,21). The normalized spacial score (nSPS) is 11.5. The van der Waals surface area contributed by atoms with Crippen molar-refractivity contribution in [1.82, 2.24) is 19.9 Å². The monoisotopic (exact) mass is 277 g/mol. The number of nitrogens with two attached hydrogens (primary N) is 1. The molecule has 0 aliphatic rings. The van der Waals surface area contributed by atoms with Gasteiger partial charge >= 0.3 is 0 Å². The van der Waals surface area contributed by atoms with Gasteiger partial charge in [0.1, 0.15) is 17.2 Å². The van der Waals surface area contributed by atoms with Crippen LogP contribution in [-0.4, -0.2) is 19.9 Å². The number of nitrogens with one attached hydrogen (secondary N) is 2. The molecule has 0 amide bonds. The number of aromatic amines is 2. The van der Waals surface area contributed by atoms with Crippen molar-refractivity contribution in [2.24, 2.45) is 0 Å². The summed E-state index contributed by atoms with van der Waals surface area (Å²) in [7, 11) is 0. The van der Waals surface area contributed by atoms with E-state index < -0.39 is 0 Å². The maximum atomic E-state index is 5.94. The molecule has 5 heteroatoms. The summed E-state index contributed by atoms with van der Waals surface area (Å²) >= 11 is 0. The van der Waals surface area contributed by atoms with Gasteiger partial charge < -0.3 is 15.7 Å². The summed E-state index contributed by atoms with van der Waals surface area (Å²) in [5.74, 6) is 1.76. The van der Waals surface area contributed by atoms with Gasteiger partial charge in [-0.05, 0) is 30.7 Å². The topological polar surface area (TPSA) is 83.4 Å². The van der Waals surface area contributed by atoms with E-state index in [1.807, 2.05) is 30.3 Å². The predicted octanol–water partition coefficient (Wildman–Crippen LogP) is 2.92. The highest BCUT2D eigenvalue weighted by molar-refractivity contribution is 5.87. The number of fused-ring (bicyclic) bond motifs is 2. The van der Waals surface area contributed by atoms with Crippen LogP contribution in [0.25, 0.3) is 22.1 Å². The molecule has 104 valence electrons. The van der Waals surface area contributed by atoms with Crippen molar-refractivity contribution in [3.05, 3.63) is 53.6 Å². The van der Waals surface area contributed by atoms with Gasteiger partial charge in [-0.25, -0.2) is 9.97 Å². The Morgan fingerprint density at radius 3 is 2.19 bits per heavy atom. The minimum absolute atomic E-state index is 0.627. The molecule has 5 nitrogen and oxygen atoms in total. The van der Waals surface area contributed by atoms with Crippen LogP contribution in [0.15, 0.2) is 36.4 Å². The molecular formula is C16H15N5. The zero-order valence-electron chi connectivity index (χ0n) is 11.6. The van der Waals surface area contributed by atoms with E-state index in [2.05, 4.69) is 32.9 Å². The Labute approximate surface area is 121 Å². The van der Waals surface area contributed by atoms with E-state index in [1.165, 1.54) is 5.56 Å². The lowest BCUT2D eigenvalue weighted by Gasteiger charge is -1.91. The van der Waals surface area contributed by atoms with Crippen molar-refractivity contribution in [2.75, 3.05) is 5.73 Å². The van der Waals surface area contributed by atoms with Gasteiger partial charge in [0, 0.05) is 0 Å². The van der Waals surface area contributed by atoms with Gasteiger partial charge in [0.05, 0.1) is 28.7 Å². The Morgan fingerprint density at radius 1 is 0.905 bits per heavy atom. The van der Waals surface area contributed by atoms with Crippen LogP contribution < -0.4 is 5.73 Å². The minimum atomic E-state index is 0.627. The average Bonchev–Trinajstić information content (AvgIpc) is 3.04. The van der Waals surface area contributed by atoms with E-state index in [1.54, 1.807) is 0 Å². The SMILES string of the molecule is Cc1cccc2[nH]c(Cc3nc4c(N)cccc4[nH]3)nc12. The number of hydrogen-bond donors (Lipinski definition) is 3. The first-order valence-corrected chi connectivity index (χ1v) is 6.88. The van der Waals surface area contributed by atoms with Gasteiger partial charge in [-0.2, -0.15) is 0 Å². The van der Waals surface area contributed by atoms with Gasteiger partial charge in [-0.15, -0.1) is 0 Å². The number of anilines is 1. The van der Waals surface area contributed by atoms with Gasteiger partial charge in [0.2, 0.25) is 0 Å². The molecule has 0 aliphatic carbocycles. The van der Waals surface area contributed by atoms with E-state index in [4.69, 9.17) is 5.73 Å². The van der Waals surface area contributed by atoms with Gasteiger partial charge in [0.25, 0.3) is 0 Å². The minimum Gasteiger partial charge on any atom is -0.397 e. The number of aromatic nitrogens is 4. The lowest BCUT2D eigenvalue weighted by atomic mass is 10.2. The third-order valence-electron chi connectivity index (χ3n) is 3.69. The van der Waals surface area contributed by atoms with Crippen molar-refractivity contribution in [2.45, 2.75) is 13.3 Å². The fourth-order valence-corrected chi connectivity index (χ4v) is 2.66. The van der Waals surface area contributed by atoms with Gasteiger partial charge in [-0.1, -0.05) is 18.2 Å². The van der Waals surface area contributed by atoms with Crippen molar-refractivity contribution in [1.29, 1.82) is 0 Å². The van der Waals surface area contributed by atoms with Gasteiger partial charge in [0.15, 0.2) is 0 Å². The number of imidazole rings is 2. The van der Waals surface area contributed by atoms with Crippen LogP contribution in [0.5, 0.6) is 0 Å². The summed E-state index contributed by atoms with van der Waals surface area (Å²) < 4.78 is 0. The van der Waals surface area contributed by atoms with E-state index in [0.29, 0.717) is 12.1 Å².